The van der Waals surface area contributed by atoms with E-state index in [0.29, 0.717) is 5.69 Å². The summed E-state index contributed by atoms with van der Waals surface area (Å²) in [5, 5.41) is 13.7. The van der Waals surface area contributed by atoms with Gasteiger partial charge in [0, 0.05) is 5.54 Å². The number of carbonyl (C=O) groups excluding carboxylic acids is 1. The van der Waals surface area contributed by atoms with Crippen molar-refractivity contribution in [3.05, 3.63) is 18.7 Å². The molecule has 0 bridgehead atoms. The summed E-state index contributed by atoms with van der Waals surface area (Å²) in [6, 6.07) is -0.494. The van der Waals surface area contributed by atoms with Gasteiger partial charge in [0.25, 0.3) is 0 Å². The highest BCUT2D eigenvalue weighted by molar-refractivity contribution is 5.89. The van der Waals surface area contributed by atoms with Crippen LogP contribution in [-0.2, 0) is 4.79 Å². The highest BCUT2D eigenvalue weighted by Gasteiger charge is 2.23. The van der Waals surface area contributed by atoms with E-state index in [9.17, 15) is 9.59 Å². The Morgan fingerprint density at radius 1 is 1.35 bits per heavy atom. The Kier molecular flexibility index (Phi) is 3.97. The van der Waals surface area contributed by atoms with Crippen LogP contribution in [0.15, 0.2) is 18.7 Å². The first-order valence-corrected chi connectivity index (χ1v) is 4.95. The minimum Gasteiger partial charge on any atom is -0.481 e. The number of hydrogen-bond donors (Lipinski definition) is 3. The Morgan fingerprint density at radius 3 is 2.47 bits per heavy atom. The number of carboxylic acids is 1. The fourth-order valence-corrected chi connectivity index (χ4v) is 1.26. The minimum atomic E-state index is -0.974. The maximum absolute atomic E-state index is 11.5. The summed E-state index contributed by atoms with van der Waals surface area (Å²) in [6.45, 7) is 3.25. The number of urea groups is 1. The maximum Gasteiger partial charge on any atom is 0.319 e. The second-order valence-electron chi connectivity index (χ2n) is 4.16. The predicted octanol–water partition coefficient (Wildman–Crippen LogP) is 0.851. The lowest BCUT2D eigenvalue weighted by atomic mass is 10.0. The number of carboxylic acid groups (broad SMARTS) is 1. The largest absolute Gasteiger partial charge is 0.481 e. The van der Waals surface area contributed by atoms with E-state index in [2.05, 4.69) is 20.6 Å². The van der Waals surface area contributed by atoms with Gasteiger partial charge in [0.05, 0.1) is 24.5 Å². The zero-order valence-electron chi connectivity index (χ0n) is 9.60. The quantitative estimate of drug-likeness (QED) is 0.721. The number of aliphatic carboxylic acids is 1. The van der Waals surface area contributed by atoms with Crippen molar-refractivity contribution in [2.24, 2.45) is 0 Å². The molecule has 17 heavy (non-hydrogen) atoms. The lowest BCUT2D eigenvalue weighted by molar-refractivity contribution is -0.138. The summed E-state index contributed by atoms with van der Waals surface area (Å²) in [4.78, 5) is 29.6. The number of nitrogens with zero attached hydrogens (tertiary/aromatic N) is 2. The molecule has 3 N–H and O–H groups in total. The van der Waals surface area contributed by atoms with E-state index in [0.717, 1.165) is 0 Å². The molecule has 7 nitrogen and oxygen atoms in total. The number of carbonyl (C=O) groups is 2. The van der Waals surface area contributed by atoms with Crippen molar-refractivity contribution in [3.63, 3.8) is 0 Å². The third kappa shape index (κ3) is 4.92. The van der Waals surface area contributed by atoms with Crippen LogP contribution in [0.1, 0.15) is 20.3 Å². The van der Waals surface area contributed by atoms with Crippen LogP contribution in [0, 0.1) is 0 Å². The molecule has 1 heterocycles. The molecule has 92 valence electrons. The number of rotatable bonds is 4. The van der Waals surface area contributed by atoms with Gasteiger partial charge in [0.2, 0.25) is 0 Å². The van der Waals surface area contributed by atoms with Crippen LogP contribution in [0.3, 0.4) is 0 Å². The van der Waals surface area contributed by atoms with E-state index < -0.39 is 17.5 Å². The topological polar surface area (TPSA) is 104 Å². The molecule has 0 atom stereocenters. The lowest BCUT2D eigenvalue weighted by Gasteiger charge is -2.24. The summed E-state index contributed by atoms with van der Waals surface area (Å²) in [7, 11) is 0. The summed E-state index contributed by atoms with van der Waals surface area (Å²) >= 11 is 0. The molecule has 2 amide bonds. The van der Waals surface area contributed by atoms with Gasteiger partial charge in [-0.05, 0) is 13.8 Å². The predicted molar refractivity (Wildman–Crippen MR) is 60.5 cm³/mol. The zero-order chi connectivity index (χ0) is 12.9. The van der Waals surface area contributed by atoms with E-state index in [4.69, 9.17) is 5.11 Å². The summed E-state index contributed by atoms with van der Waals surface area (Å²) in [5.41, 5.74) is -0.387. The Hall–Kier alpha value is -2.18. The van der Waals surface area contributed by atoms with E-state index in [1.165, 1.54) is 18.7 Å². The average Bonchev–Trinajstić information content (AvgIpc) is 2.15. The molecule has 0 aliphatic carbocycles. The van der Waals surface area contributed by atoms with Crippen molar-refractivity contribution < 1.29 is 14.7 Å². The van der Waals surface area contributed by atoms with Gasteiger partial charge in [-0.1, -0.05) is 0 Å². The van der Waals surface area contributed by atoms with Gasteiger partial charge in [-0.3, -0.25) is 4.79 Å². The molecule has 0 radical (unpaired) electrons. The van der Waals surface area contributed by atoms with Crippen molar-refractivity contribution in [1.29, 1.82) is 0 Å². The Bertz CT molecular complexity index is 405. The lowest BCUT2D eigenvalue weighted by Crippen LogP contribution is -2.46. The van der Waals surface area contributed by atoms with E-state index in [1.54, 1.807) is 13.8 Å². The van der Waals surface area contributed by atoms with Crippen LogP contribution in [0.2, 0.25) is 0 Å². The first-order valence-electron chi connectivity index (χ1n) is 4.95. The molecule has 0 unspecified atom stereocenters. The average molecular weight is 238 g/mol. The number of hydrogen-bond acceptors (Lipinski definition) is 4. The summed E-state index contributed by atoms with van der Waals surface area (Å²) in [5.74, 6) is -0.974. The molecule has 0 saturated carbocycles. The number of anilines is 1. The van der Waals surface area contributed by atoms with E-state index >= 15 is 0 Å². The highest BCUT2D eigenvalue weighted by Crippen LogP contribution is 2.09. The second-order valence-corrected chi connectivity index (χ2v) is 4.16. The van der Waals surface area contributed by atoms with Crippen molar-refractivity contribution in [1.82, 2.24) is 15.3 Å². The third-order valence-electron chi connectivity index (χ3n) is 1.86. The van der Waals surface area contributed by atoms with Crippen LogP contribution < -0.4 is 10.6 Å². The fraction of sp³-hybridized carbons (Fsp3) is 0.400. The van der Waals surface area contributed by atoms with Gasteiger partial charge in [-0.2, -0.15) is 0 Å². The van der Waals surface area contributed by atoms with E-state index in [1.807, 2.05) is 0 Å². The maximum atomic E-state index is 11.5. The monoisotopic (exact) mass is 238 g/mol. The van der Waals surface area contributed by atoms with Crippen molar-refractivity contribution in [2.75, 3.05) is 5.32 Å². The van der Waals surface area contributed by atoms with E-state index in [-0.39, 0.29) is 6.42 Å². The Balaban J connectivity index is 2.52. The van der Waals surface area contributed by atoms with Gasteiger partial charge < -0.3 is 15.7 Å². The van der Waals surface area contributed by atoms with Crippen LogP contribution in [0.5, 0.6) is 0 Å². The molecule has 0 saturated heterocycles. The molecule has 7 heteroatoms. The summed E-state index contributed by atoms with van der Waals surface area (Å²) in [6.07, 6.45) is 4.07. The molecular weight excluding hydrogens is 224 g/mol. The minimum absolute atomic E-state index is 0.161. The van der Waals surface area contributed by atoms with Crippen molar-refractivity contribution >= 4 is 17.7 Å². The van der Waals surface area contributed by atoms with Gasteiger partial charge in [-0.25, -0.2) is 14.8 Å². The first-order chi connectivity index (χ1) is 7.89. The fourth-order valence-electron chi connectivity index (χ4n) is 1.26. The standard InChI is InChI=1S/C10H14N4O3/c1-10(2,3-8(15)16)14-9(17)13-7-4-11-6-12-5-7/h4-6H,3H2,1-2H3,(H,15,16)(H2,13,14,17). The Labute approximate surface area is 98.3 Å². The molecule has 1 rings (SSSR count). The number of amides is 2. The van der Waals surface area contributed by atoms with Gasteiger partial charge in [0.15, 0.2) is 0 Å². The normalized spacial score (nSPS) is 10.7. The molecule has 1 aromatic rings. The first kappa shape index (κ1) is 12.9. The number of nitrogens with one attached hydrogen (secondary N) is 2. The van der Waals surface area contributed by atoms with Crippen LogP contribution >= 0.6 is 0 Å². The van der Waals surface area contributed by atoms with Gasteiger partial charge in [0.1, 0.15) is 6.33 Å². The summed E-state index contributed by atoms with van der Waals surface area (Å²) < 4.78 is 0. The molecular formula is C10H14N4O3. The van der Waals surface area contributed by atoms with Crippen molar-refractivity contribution in [3.8, 4) is 0 Å². The smallest absolute Gasteiger partial charge is 0.319 e. The van der Waals surface area contributed by atoms with Crippen LogP contribution in [0.4, 0.5) is 10.5 Å². The molecule has 0 aliphatic rings. The van der Waals surface area contributed by atoms with Crippen LogP contribution in [-0.4, -0.2) is 32.6 Å². The zero-order valence-corrected chi connectivity index (χ0v) is 9.60. The van der Waals surface area contributed by atoms with Gasteiger partial charge >= 0.3 is 12.0 Å². The number of aromatic nitrogens is 2. The molecule has 0 spiro atoms. The molecule has 0 aromatic carbocycles. The molecule has 0 fully saturated rings. The Morgan fingerprint density at radius 2 is 1.94 bits per heavy atom. The third-order valence-corrected chi connectivity index (χ3v) is 1.86. The van der Waals surface area contributed by atoms with Crippen LogP contribution in [0.25, 0.3) is 0 Å². The molecule has 0 aliphatic heterocycles. The highest BCUT2D eigenvalue weighted by atomic mass is 16.4. The van der Waals surface area contributed by atoms with Gasteiger partial charge in [-0.15, -0.1) is 0 Å². The SMILES string of the molecule is CC(C)(CC(=O)O)NC(=O)Nc1cncnc1. The molecule has 1 aromatic heterocycles. The van der Waals surface area contributed by atoms with Crippen molar-refractivity contribution in [2.45, 2.75) is 25.8 Å². The second kappa shape index (κ2) is 5.24.